The highest BCUT2D eigenvalue weighted by Crippen LogP contribution is 2.26. The van der Waals surface area contributed by atoms with Crippen LogP contribution in [0.1, 0.15) is 6.92 Å². The highest BCUT2D eigenvalue weighted by molar-refractivity contribution is 8.00. The molecule has 0 unspecified atom stereocenters. The first-order valence-electron chi connectivity index (χ1n) is 7.19. The Morgan fingerprint density at radius 3 is 2.88 bits per heavy atom. The van der Waals surface area contributed by atoms with Gasteiger partial charge in [-0.1, -0.05) is 11.8 Å². The van der Waals surface area contributed by atoms with Crippen LogP contribution >= 0.6 is 11.8 Å². The molecule has 0 spiro atoms. The fraction of sp³-hybridized carbons (Fsp3) is 0.125. The van der Waals surface area contributed by atoms with E-state index in [1.165, 1.54) is 0 Å². The molecule has 0 aliphatic rings. The Labute approximate surface area is 145 Å². The van der Waals surface area contributed by atoms with Gasteiger partial charge in [-0.05, 0) is 31.2 Å². The van der Waals surface area contributed by atoms with Crippen molar-refractivity contribution in [2.45, 2.75) is 17.4 Å². The number of aromatic nitrogens is 3. The topological polar surface area (TPSA) is 80.9 Å². The highest BCUT2D eigenvalue weighted by atomic mass is 32.2. The first-order valence-corrected chi connectivity index (χ1v) is 8.07. The van der Waals surface area contributed by atoms with Gasteiger partial charge >= 0.3 is 0 Å². The van der Waals surface area contributed by atoms with Gasteiger partial charge in [0.1, 0.15) is 11.6 Å². The van der Waals surface area contributed by atoms with Crippen molar-refractivity contribution < 1.29 is 18.0 Å². The van der Waals surface area contributed by atoms with Crippen LogP contribution in [0.2, 0.25) is 0 Å². The summed E-state index contributed by atoms with van der Waals surface area (Å²) in [5.74, 6) is -1.60. The third-order valence-corrected chi connectivity index (χ3v) is 4.08. The van der Waals surface area contributed by atoms with E-state index in [4.69, 9.17) is 4.42 Å². The van der Waals surface area contributed by atoms with Crippen LogP contribution in [0.25, 0.3) is 11.5 Å². The van der Waals surface area contributed by atoms with Crippen molar-refractivity contribution >= 4 is 23.4 Å². The van der Waals surface area contributed by atoms with Gasteiger partial charge in [-0.25, -0.2) is 8.78 Å². The summed E-state index contributed by atoms with van der Waals surface area (Å²) >= 11 is 1.01. The minimum Gasteiger partial charge on any atom is -0.411 e. The number of halogens is 2. The zero-order valence-corrected chi connectivity index (χ0v) is 13.8. The lowest BCUT2D eigenvalue weighted by Gasteiger charge is -2.10. The summed E-state index contributed by atoms with van der Waals surface area (Å²) in [7, 11) is 0. The standard InChI is InChI=1S/C16H12F2N4O2S/c1-9(14(23)20-13-7-11(17)4-5-12(13)18)25-16-22-21-15(24-16)10-3-2-6-19-8-10/h2-9H,1H3,(H,20,23)/t9-/m1/s1. The number of thioether (sulfide) groups is 1. The van der Waals surface area contributed by atoms with Crippen LogP contribution in [0, 0.1) is 11.6 Å². The second-order valence-electron chi connectivity index (χ2n) is 4.99. The molecule has 2 heterocycles. The van der Waals surface area contributed by atoms with Gasteiger partial charge in [0.15, 0.2) is 0 Å². The average molecular weight is 362 g/mol. The van der Waals surface area contributed by atoms with Crippen LogP contribution in [0.15, 0.2) is 52.4 Å². The molecule has 0 bridgehead atoms. The zero-order chi connectivity index (χ0) is 17.8. The Hall–Kier alpha value is -2.81. The molecular formula is C16H12F2N4O2S. The summed E-state index contributed by atoms with van der Waals surface area (Å²) in [6.45, 7) is 1.59. The monoisotopic (exact) mass is 362 g/mol. The first-order chi connectivity index (χ1) is 12.0. The fourth-order valence-electron chi connectivity index (χ4n) is 1.90. The van der Waals surface area contributed by atoms with Crippen LogP contribution in [0.5, 0.6) is 0 Å². The van der Waals surface area contributed by atoms with Gasteiger partial charge in [0.2, 0.25) is 11.8 Å². The van der Waals surface area contributed by atoms with Gasteiger partial charge in [-0.3, -0.25) is 9.78 Å². The van der Waals surface area contributed by atoms with Gasteiger partial charge in [0.05, 0.1) is 16.5 Å². The molecule has 1 N–H and O–H groups in total. The third kappa shape index (κ3) is 4.18. The van der Waals surface area contributed by atoms with E-state index in [0.29, 0.717) is 5.56 Å². The summed E-state index contributed by atoms with van der Waals surface area (Å²) in [4.78, 5) is 16.1. The molecule has 0 saturated carbocycles. The second kappa shape index (κ2) is 7.39. The van der Waals surface area contributed by atoms with E-state index < -0.39 is 22.8 Å². The molecule has 0 aliphatic heterocycles. The Balaban J connectivity index is 1.66. The van der Waals surface area contributed by atoms with E-state index in [-0.39, 0.29) is 16.8 Å². The maximum absolute atomic E-state index is 13.6. The largest absolute Gasteiger partial charge is 0.411 e. The predicted octanol–water partition coefficient (Wildman–Crippen LogP) is 3.53. The Morgan fingerprint density at radius 2 is 2.12 bits per heavy atom. The fourth-order valence-corrected chi connectivity index (χ4v) is 2.58. The summed E-state index contributed by atoms with van der Waals surface area (Å²) in [6.07, 6.45) is 3.19. The minimum absolute atomic E-state index is 0.182. The number of nitrogens with one attached hydrogen (secondary N) is 1. The van der Waals surface area contributed by atoms with E-state index in [1.807, 2.05) is 0 Å². The van der Waals surface area contributed by atoms with E-state index in [0.717, 1.165) is 30.0 Å². The molecule has 0 radical (unpaired) electrons. The van der Waals surface area contributed by atoms with Crippen molar-refractivity contribution in [3.63, 3.8) is 0 Å². The van der Waals surface area contributed by atoms with E-state index in [1.54, 1.807) is 31.5 Å². The number of carbonyl (C=O) groups is 1. The molecule has 1 aromatic carbocycles. The first kappa shape index (κ1) is 17.0. The summed E-state index contributed by atoms with van der Waals surface area (Å²) in [6, 6.07) is 6.33. The van der Waals surface area contributed by atoms with Gasteiger partial charge in [0, 0.05) is 18.5 Å². The maximum Gasteiger partial charge on any atom is 0.277 e. The SMILES string of the molecule is C[C@@H](Sc1nnc(-c2cccnc2)o1)C(=O)Nc1cc(F)ccc1F. The lowest BCUT2D eigenvalue weighted by molar-refractivity contribution is -0.115. The number of rotatable bonds is 5. The molecule has 6 nitrogen and oxygen atoms in total. The molecule has 1 atom stereocenters. The predicted molar refractivity (Wildman–Crippen MR) is 87.8 cm³/mol. The van der Waals surface area contributed by atoms with E-state index in [2.05, 4.69) is 20.5 Å². The smallest absolute Gasteiger partial charge is 0.277 e. The Kier molecular flexibility index (Phi) is 5.03. The van der Waals surface area contributed by atoms with E-state index >= 15 is 0 Å². The van der Waals surface area contributed by atoms with Crippen LogP contribution in [-0.2, 0) is 4.79 Å². The number of hydrogen-bond donors (Lipinski definition) is 1. The molecule has 0 saturated heterocycles. The summed E-state index contributed by atoms with van der Waals surface area (Å²) < 4.78 is 32.2. The lowest BCUT2D eigenvalue weighted by Crippen LogP contribution is -2.23. The zero-order valence-electron chi connectivity index (χ0n) is 12.9. The van der Waals surface area contributed by atoms with Gasteiger partial charge in [-0.15, -0.1) is 10.2 Å². The second-order valence-corrected chi connectivity index (χ2v) is 6.28. The summed E-state index contributed by atoms with van der Waals surface area (Å²) in [5.41, 5.74) is 0.430. The van der Waals surface area contributed by atoms with Crippen LogP contribution in [0.3, 0.4) is 0 Å². The molecule has 0 fully saturated rings. The normalized spacial score (nSPS) is 12.0. The number of nitrogens with zero attached hydrogens (tertiary/aromatic N) is 3. The maximum atomic E-state index is 13.6. The van der Waals surface area contributed by atoms with Crippen molar-refractivity contribution in [2.75, 3.05) is 5.32 Å². The number of hydrogen-bond acceptors (Lipinski definition) is 6. The van der Waals surface area contributed by atoms with Gasteiger partial charge < -0.3 is 9.73 Å². The number of pyridine rings is 1. The molecule has 9 heteroatoms. The van der Waals surface area contributed by atoms with Crippen molar-refractivity contribution in [3.8, 4) is 11.5 Å². The Bertz CT molecular complexity index is 889. The van der Waals surface area contributed by atoms with Crippen molar-refractivity contribution in [1.82, 2.24) is 15.2 Å². The average Bonchev–Trinajstić information content (AvgIpc) is 3.07. The van der Waals surface area contributed by atoms with Crippen molar-refractivity contribution in [1.29, 1.82) is 0 Å². The third-order valence-electron chi connectivity index (χ3n) is 3.15. The molecule has 2 aromatic heterocycles. The number of amides is 1. The molecule has 128 valence electrons. The molecular weight excluding hydrogens is 350 g/mol. The number of carbonyl (C=O) groups excluding carboxylic acids is 1. The van der Waals surface area contributed by atoms with E-state index in [9.17, 15) is 13.6 Å². The van der Waals surface area contributed by atoms with Crippen molar-refractivity contribution in [3.05, 3.63) is 54.4 Å². The molecule has 3 aromatic rings. The van der Waals surface area contributed by atoms with Gasteiger partial charge in [0.25, 0.3) is 5.22 Å². The van der Waals surface area contributed by atoms with Crippen LogP contribution in [-0.4, -0.2) is 26.3 Å². The quantitative estimate of drug-likeness (QED) is 0.700. The number of anilines is 1. The molecule has 3 rings (SSSR count). The minimum atomic E-state index is -0.719. The summed E-state index contributed by atoms with van der Waals surface area (Å²) in [5, 5.41) is 9.60. The Morgan fingerprint density at radius 1 is 1.28 bits per heavy atom. The van der Waals surface area contributed by atoms with Crippen molar-refractivity contribution in [2.24, 2.45) is 0 Å². The van der Waals surface area contributed by atoms with Crippen LogP contribution in [0.4, 0.5) is 14.5 Å². The van der Waals surface area contributed by atoms with Crippen LogP contribution < -0.4 is 5.32 Å². The lowest BCUT2D eigenvalue weighted by atomic mass is 10.3. The molecule has 1 amide bonds. The molecule has 25 heavy (non-hydrogen) atoms. The number of benzene rings is 1. The molecule has 0 aliphatic carbocycles. The van der Waals surface area contributed by atoms with Gasteiger partial charge in [-0.2, -0.15) is 0 Å². The highest BCUT2D eigenvalue weighted by Gasteiger charge is 2.20.